The van der Waals surface area contributed by atoms with Gasteiger partial charge in [-0.15, -0.1) is 0 Å². The van der Waals surface area contributed by atoms with Gasteiger partial charge in [-0.1, -0.05) is 53.6 Å². The Morgan fingerprint density at radius 3 is 2.44 bits per heavy atom. The Hall–Kier alpha value is -1.31. The minimum atomic E-state index is 0.325. The molecule has 1 unspecified atom stereocenters. The van der Waals surface area contributed by atoms with Crippen LogP contribution in [-0.2, 0) is 6.42 Å². The number of benzene rings is 2. The summed E-state index contributed by atoms with van der Waals surface area (Å²) >= 11 is 6.03. The molecule has 1 atom stereocenters. The number of hydrogen-bond donors (Lipinski definition) is 1. The van der Waals surface area contributed by atoms with Gasteiger partial charge in [-0.05, 0) is 43.1 Å². The minimum Gasteiger partial charge on any atom is -0.330 e. The highest BCUT2D eigenvalue weighted by Gasteiger charge is 2.10. The average Bonchev–Trinajstić information content (AvgIpc) is 2.38. The van der Waals surface area contributed by atoms with Crippen LogP contribution in [-0.4, -0.2) is 6.54 Å². The highest BCUT2D eigenvalue weighted by molar-refractivity contribution is 6.30. The lowest BCUT2D eigenvalue weighted by Gasteiger charge is -2.15. The molecule has 2 aromatic rings. The van der Waals surface area contributed by atoms with Crippen molar-refractivity contribution in [2.75, 3.05) is 6.54 Å². The molecule has 0 saturated heterocycles. The van der Waals surface area contributed by atoms with Crippen molar-refractivity contribution in [3.05, 3.63) is 70.2 Å². The fourth-order valence-electron chi connectivity index (χ4n) is 2.11. The van der Waals surface area contributed by atoms with Gasteiger partial charge < -0.3 is 5.73 Å². The highest BCUT2D eigenvalue weighted by atomic mass is 35.5. The topological polar surface area (TPSA) is 26.0 Å². The summed E-state index contributed by atoms with van der Waals surface area (Å²) in [6, 6.07) is 16.6. The molecule has 2 rings (SSSR count). The molecule has 2 heteroatoms. The molecule has 0 aliphatic rings. The van der Waals surface area contributed by atoms with Crippen molar-refractivity contribution in [2.24, 2.45) is 5.73 Å². The largest absolute Gasteiger partial charge is 0.330 e. The van der Waals surface area contributed by atoms with Crippen molar-refractivity contribution in [2.45, 2.75) is 19.3 Å². The zero-order valence-electron chi connectivity index (χ0n) is 10.6. The molecule has 0 fully saturated rings. The molecule has 94 valence electrons. The van der Waals surface area contributed by atoms with E-state index in [1.54, 1.807) is 0 Å². The average molecular weight is 260 g/mol. The molecule has 2 aromatic carbocycles. The van der Waals surface area contributed by atoms with Crippen molar-refractivity contribution in [3.63, 3.8) is 0 Å². The summed E-state index contributed by atoms with van der Waals surface area (Å²) in [5, 5.41) is 0.773. The second-order valence-corrected chi connectivity index (χ2v) is 5.11. The van der Waals surface area contributed by atoms with Crippen LogP contribution < -0.4 is 5.73 Å². The van der Waals surface area contributed by atoms with Crippen LogP contribution in [0.4, 0.5) is 0 Å². The first-order chi connectivity index (χ1) is 8.69. The zero-order valence-corrected chi connectivity index (χ0v) is 11.3. The van der Waals surface area contributed by atoms with E-state index in [0.29, 0.717) is 12.5 Å². The van der Waals surface area contributed by atoms with Crippen molar-refractivity contribution in [1.82, 2.24) is 0 Å². The number of nitrogens with two attached hydrogens (primary N) is 1. The molecule has 0 aliphatic carbocycles. The maximum Gasteiger partial charge on any atom is 0.0408 e. The predicted octanol–water partition coefficient (Wildman–Crippen LogP) is 3.93. The first-order valence-electron chi connectivity index (χ1n) is 6.20. The number of aryl methyl sites for hydroxylation is 1. The Balaban J connectivity index is 2.17. The molecule has 0 saturated carbocycles. The zero-order chi connectivity index (χ0) is 13.0. The lowest BCUT2D eigenvalue weighted by molar-refractivity contribution is 0.694. The maximum absolute atomic E-state index is 6.03. The molecule has 0 spiro atoms. The SMILES string of the molecule is Cc1ccc(CC(CN)c2cccc(Cl)c2)cc1. The van der Waals surface area contributed by atoms with E-state index >= 15 is 0 Å². The molecule has 18 heavy (non-hydrogen) atoms. The smallest absolute Gasteiger partial charge is 0.0408 e. The van der Waals surface area contributed by atoms with Crippen LogP contribution in [0, 0.1) is 6.92 Å². The minimum absolute atomic E-state index is 0.325. The molecular formula is C16H18ClN. The van der Waals surface area contributed by atoms with E-state index < -0.39 is 0 Å². The summed E-state index contributed by atoms with van der Waals surface area (Å²) in [6.45, 7) is 2.73. The summed E-state index contributed by atoms with van der Waals surface area (Å²) in [6.07, 6.45) is 0.955. The predicted molar refractivity (Wildman–Crippen MR) is 78.1 cm³/mol. The van der Waals surface area contributed by atoms with E-state index in [0.717, 1.165) is 11.4 Å². The van der Waals surface area contributed by atoms with E-state index in [4.69, 9.17) is 17.3 Å². The third-order valence-corrected chi connectivity index (χ3v) is 3.44. The van der Waals surface area contributed by atoms with Gasteiger partial charge in [-0.2, -0.15) is 0 Å². The van der Waals surface area contributed by atoms with E-state index in [9.17, 15) is 0 Å². The third-order valence-electron chi connectivity index (χ3n) is 3.21. The fourth-order valence-corrected chi connectivity index (χ4v) is 2.31. The second kappa shape index (κ2) is 6.03. The van der Waals surface area contributed by atoms with E-state index in [-0.39, 0.29) is 0 Å². The Kier molecular flexibility index (Phi) is 4.40. The third kappa shape index (κ3) is 3.34. The quantitative estimate of drug-likeness (QED) is 0.885. The molecule has 0 amide bonds. The van der Waals surface area contributed by atoms with Crippen molar-refractivity contribution < 1.29 is 0 Å². The van der Waals surface area contributed by atoms with Gasteiger partial charge >= 0.3 is 0 Å². The first kappa shape index (κ1) is 13.1. The summed E-state index contributed by atoms with van der Waals surface area (Å²) in [5.74, 6) is 0.325. The molecule has 0 radical (unpaired) electrons. The normalized spacial score (nSPS) is 12.4. The summed E-state index contributed by atoms with van der Waals surface area (Å²) < 4.78 is 0. The molecule has 0 aliphatic heterocycles. The molecular weight excluding hydrogens is 242 g/mol. The van der Waals surface area contributed by atoms with Crippen LogP contribution >= 0.6 is 11.6 Å². The first-order valence-corrected chi connectivity index (χ1v) is 6.58. The number of hydrogen-bond acceptors (Lipinski definition) is 1. The van der Waals surface area contributed by atoms with Crippen LogP contribution in [0.3, 0.4) is 0 Å². The second-order valence-electron chi connectivity index (χ2n) is 4.68. The lowest BCUT2D eigenvalue weighted by atomic mass is 9.92. The van der Waals surface area contributed by atoms with Gasteiger partial charge in [0.15, 0.2) is 0 Å². The van der Waals surface area contributed by atoms with Crippen LogP contribution in [0.5, 0.6) is 0 Å². The van der Waals surface area contributed by atoms with Gasteiger partial charge in [0, 0.05) is 10.9 Å². The molecule has 2 N–H and O–H groups in total. The van der Waals surface area contributed by atoms with Gasteiger partial charge in [-0.25, -0.2) is 0 Å². The molecule has 0 bridgehead atoms. The molecule has 0 heterocycles. The van der Waals surface area contributed by atoms with Crippen LogP contribution in [0.1, 0.15) is 22.6 Å². The van der Waals surface area contributed by atoms with E-state index in [1.807, 2.05) is 18.2 Å². The maximum atomic E-state index is 6.03. The van der Waals surface area contributed by atoms with Crippen LogP contribution in [0.15, 0.2) is 48.5 Å². The fraction of sp³-hybridized carbons (Fsp3) is 0.250. The monoisotopic (exact) mass is 259 g/mol. The van der Waals surface area contributed by atoms with Gasteiger partial charge in [0.2, 0.25) is 0 Å². The van der Waals surface area contributed by atoms with Gasteiger partial charge in [0.05, 0.1) is 0 Å². The van der Waals surface area contributed by atoms with E-state index in [1.165, 1.54) is 16.7 Å². The van der Waals surface area contributed by atoms with Crippen molar-refractivity contribution in [1.29, 1.82) is 0 Å². The summed E-state index contributed by atoms with van der Waals surface area (Å²) in [4.78, 5) is 0. The summed E-state index contributed by atoms with van der Waals surface area (Å²) in [7, 11) is 0. The van der Waals surface area contributed by atoms with Gasteiger partial charge in [-0.3, -0.25) is 0 Å². The van der Waals surface area contributed by atoms with Crippen molar-refractivity contribution in [3.8, 4) is 0 Å². The van der Waals surface area contributed by atoms with E-state index in [2.05, 4.69) is 37.3 Å². The summed E-state index contributed by atoms with van der Waals surface area (Å²) in [5.41, 5.74) is 9.70. The number of halogens is 1. The Morgan fingerprint density at radius 2 is 1.83 bits per heavy atom. The Bertz CT molecular complexity index is 505. The van der Waals surface area contributed by atoms with Crippen LogP contribution in [0.2, 0.25) is 5.02 Å². The highest BCUT2D eigenvalue weighted by Crippen LogP contribution is 2.22. The molecule has 1 nitrogen and oxygen atoms in total. The standard InChI is InChI=1S/C16H18ClN/c1-12-5-7-13(8-6-12)9-15(11-18)14-3-2-4-16(17)10-14/h2-8,10,15H,9,11,18H2,1H3. The lowest BCUT2D eigenvalue weighted by Crippen LogP contribution is -2.15. The molecule has 0 aromatic heterocycles. The Labute approximate surface area is 114 Å². The number of rotatable bonds is 4. The van der Waals surface area contributed by atoms with Gasteiger partial charge in [0.25, 0.3) is 0 Å². The van der Waals surface area contributed by atoms with Crippen LogP contribution in [0.25, 0.3) is 0 Å². The van der Waals surface area contributed by atoms with Crippen molar-refractivity contribution >= 4 is 11.6 Å². The van der Waals surface area contributed by atoms with Gasteiger partial charge in [0.1, 0.15) is 0 Å². The Morgan fingerprint density at radius 1 is 1.11 bits per heavy atom.